The first kappa shape index (κ1) is 18.7. The van der Waals surface area contributed by atoms with Crippen molar-refractivity contribution in [2.24, 2.45) is 4.99 Å². The molecule has 0 fully saturated rings. The second-order valence-electron chi connectivity index (χ2n) is 6.88. The average Bonchev–Trinajstić information content (AvgIpc) is 3.41. The molecule has 0 aliphatic carbocycles. The molecule has 0 saturated heterocycles. The number of aliphatic imine (C=N–C) groups is 1. The number of para-hydroxylation sites is 1. The predicted octanol–water partition coefficient (Wildman–Crippen LogP) is 2.72. The first-order chi connectivity index (χ1) is 14.3. The van der Waals surface area contributed by atoms with Gasteiger partial charge in [0.05, 0.1) is 6.54 Å². The summed E-state index contributed by atoms with van der Waals surface area (Å²) in [6, 6.07) is 16.8. The molecule has 0 atom stereocenters. The molecule has 4 aromatic rings. The van der Waals surface area contributed by atoms with Crippen LogP contribution in [0.2, 0.25) is 0 Å². The fraction of sp³-hybridized carbons (Fsp3) is 0.227. The van der Waals surface area contributed by atoms with Gasteiger partial charge < -0.3 is 15.6 Å². The molecule has 0 aliphatic heterocycles. The summed E-state index contributed by atoms with van der Waals surface area (Å²) in [5.41, 5.74) is 4.87. The number of aromatic amines is 1. The zero-order chi connectivity index (χ0) is 19.9. The summed E-state index contributed by atoms with van der Waals surface area (Å²) < 4.78 is 1.82. The smallest absolute Gasteiger partial charge is 0.191 e. The topological polar surface area (TPSA) is 82.9 Å². The molecule has 2 heterocycles. The Kier molecular flexibility index (Phi) is 5.85. The van der Waals surface area contributed by atoms with Gasteiger partial charge in [-0.2, -0.15) is 5.10 Å². The molecule has 4 rings (SSSR count). The number of benzene rings is 2. The number of nitrogens with zero attached hydrogens (tertiary/aromatic N) is 4. The highest BCUT2D eigenvalue weighted by Crippen LogP contribution is 2.17. The molecule has 2 aromatic carbocycles. The van der Waals surface area contributed by atoms with E-state index in [1.807, 2.05) is 10.7 Å². The maximum atomic E-state index is 4.33. The SMILES string of the molecule is CN=C(NCCc1c[nH]c2ccccc12)NCc1cccc(Cn2cncn2)c1. The maximum Gasteiger partial charge on any atom is 0.191 e. The van der Waals surface area contributed by atoms with Gasteiger partial charge in [0.1, 0.15) is 12.7 Å². The summed E-state index contributed by atoms with van der Waals surface area (Å²) >= 11 is 0. The maximum absolute atomic E-state index is 4.33. The fourth-order valence-corrected chi connectivity index (χ4v) is 3.40. The zero-order valence-electron chi connectivity index (χ0n) is 16.5. The number of nitrogens with one attached hydrogen (secondary N) is 3. The summed E-state index contributed by atoms with van der Waals surface area (Å²) in [5.74, 6) is 0.798. The van der Waals surface area contributed by atoms with Crippen molar-refractivity contribution in [2.75, 3.05) is 13.6 Å². The van der Waals surface area contributed by atoms with Gasteiger partial charge in [0.15, 0.2) is 5.96 Å². The monoisotopic (exact) mass is 387 g/mol. The molecule has 29 heavy (non-hydrogen) atoms. The summed E-state index contributed by atoms with van der Waals surface area (Å²) in [4.78, 5) is 11.6. The molecule has 148 valence electrons. The van der Waals surface area contributed by atoms with Gasteiger partial charge in [0.2, 0.25) is 0 Å². The predicted molar refractivity (Wildman–Crippen MR) is 116 cm³/mol. The molecule has 0 radical (unpaired) electrons. The van der Waals surface area contributed by atoms with Crippen LogP contribution in [0, 0.1) is 0 Å². The number of guanidine groups is 1. The van der Waals surface area contributed by atoms with E-state index < -0.39 is 0 Å². The van der Waals surface area contributed by atoms with Crippen molar-refractivity contribution in [3.63, 3.8) is 0 Å². The van der Waals surface area contributed by atoms with Crippen molar-refractivity contribution in [1.29, 1.82) is 0 Å². The Morgan fingerprint density at radius 3 is 2.86 bits per heavy atom. The van der Waals surface area contributed by atoms with E-state index in [1.165, 1.54) is 27.6 Å². The minimum absolute atomic E-state index is 0.706. The Hall–Kier alpha value is -3.61. The molecule has 0 saturated carbocycles. The normalized spacial score (nSPS) is 11.7. The van der Waals surface area contributed by atoms with Crippen molar-refractivity contribution >= 4 is 16.9 Å². The van der Waals surface area contributed by atoms with Gasteiger partial charge in [-0.3, -0.25) is 4.99 Å². The average molecular weight is 387 g/mol. The van der Waals surface area contributed by atoms with Crippen LogP contribution in [-0.2, 0) is 19.5 Å². The van der Waals surface area contributed by atoms with Crippen molar-refractivity contribution in [2.45, 2.75) is 19.5 Å². The fourth-order valence-electron chi connectivity index (χ4n) is 3.40. The molecule has 7 heteroatoms. The number of H-pyrrole nitrogens is 1. The summed E-state index contributed by atoms with van der Waals surface area (Å²) in [7, 11) is 1.79. The van der Waals surface area contributed by atoms with Gasteiger partial charge in [-0.05, 0) is 29.2 Å². The molecule has 0 aliphatic rings. The summed E-state index contributed by atoms with van der Waals surface area (Å²) in [5, 5.41) is 12.2. The van der Waals surface area contributed by atoms with Crippen LogP contribution < -0.4 is 10.6 Å². The molecule has 0 amide bonds. The molecule has 3 N–H and O–H groups in total. The van der Waals surface area contributed by atoms with E-state index in [4.69, 9.17) is 0 Å². The largest absolute Gasteiger partial charge is 0.361 e. The van der Waals surface area contributed by atoms with Crippen molar-refractivity contribution in [1.82, 2.24) is 30.4 Å². The van der Waals surface area contributed by atoms with Gasteiger partial charge in [-0.1, -0.05) is 42.5 Å². The molecule has 2 aromatic heterocycles. The van der Waals surface area contributed by atoms with Gasteiger partial charge in [0, 0.05) is 37.2 Å². The minimum atomic E-state index is 0.706. The number of aromatic nitrogens is 4. The molecular formula is C22H25N7. The first-order valence-corrected chi connectivity index (χ1v) is 9.71. The van der Waals surface area contributed by atoms with E-state index in [-0.39, 0.29) is 0 Å². The van der Waals surface area contributed by atoms with E-state index in [0.29, 0.717) is 13.1 Å². The van der Waals surface area contributed by atoms with Gasteiger partial charge in [0.25, 0.3) is 0 Å². The first-order valence-electron chi connectivity index (χ1n) is 9.71. The van der Waals surface area contributed by atoms with Crippen LogP contribution in [0.1, 0.15) is 16.7 Å². The Labute approximate surface area is 169 Å². The van der Waals surface area contributed by atoms with Crippen LogP contribution >= 0.6 is 0 Å². The highest BCUT2D eigenvalue weighted by Gasteiger charge is 2.04. The lowest BCUT2D eigenvalue weighted by Gasteiger charge is -2.12. The van der Waals surface area contributed by atoms with E-state index >= 15 is 0 Å². The highest BCUT2D eigenvalue weighted by atomic mass is 15.3. The quantitative estimate of drug-likeness (QED) is 0.336. The van der Waals surface area contributed by atoms with Gasteiger partial charge in [-0.15, -0.1) is 0 Å². The minimum Gasteiger partial charge on any atom is -0.361 e. The summed E-state index contributed by atoms with van der Waals surface area (Å²) in [6.07, 6.45) is 6.29. The van der Waals surface area contributed by atoms with Crippen LogP contribution in [0.5, 0.6) is 0 Å². The van der Waals surface area contributed by atoms with Crippen LogP contribution in [-0.4, -0.2) is 39.3 Å². The second-order valence-corrected chi connectivity index (χ2v) is 6.88. The van der Waals surface area contributed by atoms with Crippen LogP contribution in [0.25, 0.3) is 10.9 Å². The van der Waals surface area contributed by atoms with Crippen molar-refractivity contribution in [3.8, 4) is 0 Å². The van der Waals surface area contributed by atoms with E-state index in [9.17, 15) is 0 Å². The van der Waals surface area contributed by atoms with Crippen molar-refractivity contribution < 1.29 is 0 Å². The Bertz CT molecular complexity index is 1080. The standard InChI is InChI=1S/C22H25N7/c1-23-22(25-10-9-19-13-26-21-8-3-2-7-20(19)21)27-12-17-5-4-6-18(11-17)14-29-16-24-15-28-29/h2-8,11,13,15-16,26H,9-10,12,14H2,1H3,(H2,23,25,27). The second kappa shape index (κ2) is 9.05. The van der Waals surface area contributed by atoms with Crippen LogP contribution in [0.15, 0.2) is 72.4 Å². The lowest BCUT2D eigenvalue weighted by molar-refractivity contribution is 0.683. The van der Waals surface area contributed by atoms with E-state index in [1.54, 1.807) is 19.7 Å². The third kappa shape index (κ3) is 4.82. The number of fused-ring (bicyclic) bond motifs is 1. The van der Waals surface area contributed by atoms with Gasteiger partial charge in [-0.25, -0.2) is 9.67 Å². The zero-order valence-corrected chi connectivity index (χ0v) is 16.5. The molecule has 0 spiro atoms. The third-order valence-corrected chi connectivity index (χ3v) is 4.85. The Morgan fingerprint density at radius 2 is 2.00 bits per heavy atom. The van der Waals surface area contributed by atoms with Gasteiger partial charge >= 0.3 is 0 Å². The van der Waals surface area contributed by atoms with E-state index in [0.717, 1.165) is 18.9 Å². The Morgan fingerprint density at radius 1 is 1.10 bits per heavy atom. The third-order valence-electron chi connectivity index (χ3n) is 4.85. The lowest BCUT2D eigenvalue weighted by Crippen LogP contribution is -2.37. The molecule has 0 unspecified atom stereocenters. The highest BCUT2D eigenvalue weighted by molar-refractivity contribution is 5.83. The number of hydrogen-bond donors (Lipinski definition) is 3. The molecular weight excluding hydrogens is 362 g/mol. The lowest BCUT2D eigenvalue weighted by atomic mass is 10.1. The molecule has 0 bridgehead atoms. The Balaban J connectivity index is 1.28. The molecule has 7 nitrogen and oxygen atoms in total. The van der Waals surface area contributed by atoms with E-state index in [2.05, 4.69) is 79.4 Å². The van der Waals surface area contributed by atoms with Crippen LogP contribution in [0.4, 0.5) is 0 Å². The van der Waals surface area contributed by atoms with Crippen LogP contribution in [0.3, 0.4) is 0 Å². The van der Waals surface area contributed by atoms with Crippen molar-refractivity contribution in [3.05, 3.63) is 84.1 Å². The number of hydrogen-bond acceptors (Lipinski definition) is 3. The summed E-state index contributed by atoms with van der Waals surface area (Å²) in [6.45, 7) is 2.23. The number of rotatable bonds is 7.